The molecule has 0 saturated carbocycles. The molecule has 3 aromatic rings. The van der Waals surface area contributed by atoms with Crippen molar-refractivity contribution < 1.29 is 14.3 Å². The molecule has 3 aromatic carbocycles. The maximum absolute atomic E-state index is 12.2. The van der Waals surface area contributed by atoms with Gasteiger partial charge in [0.15, 0.2) is 0 Å². The van der Waals surface area contributed by atoms with E-state index in [9.17, 15) is 4.79 Å². The van der Waals surface area contributed by atoms with E-state index in [1.165, 1.54) is 5.56 Å². The molecule has 0 aliphatic rings. The lowest BCUT2D eigenvalue weighted by Gasteiger charge is -2.09. The fourth-order valence-electron chi connectivity index (χ4n) is 2.70. The Labute approximate surface area is 159 Å². The van der Waals surface area contributed by atoms with Gasteiger partial charge in [0, 0.05) is 12.1 Å². The van der Waals surface area contributed by atoms with Crippen LogP contribution in [0.4, 0.5) is 5.69 Å². The Morgan fingerprint density at radius 2 is 1.48 bits per heavy atom. The summed E-state index contributed by atoms with van der Waals surface area (Å²) in [6.07, 6.45) is 1.18. The maximum atomic E-state index is 12.2. The van der Waals surface area contributed by atoms with Gasteiger partial charge in [-0.1, -0.05) is 42.5 Å². The lowest BCUT2D eigenvalue weighted by Crippen LogP contribution is -2.14. The highest BCUT2D eigenvalue weighted by Gasteiger charge is 2.05. The van der Waals surface area contributed by atoms with E-state index in [2.05, 4.69) is 17.4 Å². The van der Waals surface area contributed by atoms with E-state index in [4.69, 9.17) is 9.47 Å². The van der Waals surface area contributed by atoms with Gasteiger partial charge < -0.3 is 14.8 Å². The topological polar surface area (TPSA) is 47.6 Å². The van der Waals surface area contributed by atoms with Gasteiger partial charge in [-0.15, -0.1) is 0 Å². The van der Waals surface area contributed by atoms with Crippen molar-refractivity contribution in [3.05, 3.63) is 90.0 Å². The first-order valence-corrected chi connectivity index (χ1v) is 8.92. The average Bonchev–Trinajstić information content (AvgIpc) is 2.71. The summed E-state index contributed by atoms with van der Waals surface area (Å²) in [4.78, 5) is 12.2. The summed E-state index contributed by atoms with van der Waals surface area (Å²) in [7, 11) is 1.62. The second-order valence-electron chi connectivity index (χ2n) is 6.18. The molecule has 0 fully saturated rings. The summed E-state index contributed by atoms with van der Waals surface area (Å²) in [5.74, 6) is 1.51. The molecule has 0 bridgehead atoms. The van der Waals surface area contributed by atoms with Crippen molar-refractivity contribution in [2.24, 2.45) is 0 Å². The Balaban J connectivity index is 1.45. The molecule has 0 saturated heterocycles. The molecule has 1 N–H and O–H groups in total. The van der Waals surface area contributed by atoms with Crippen LogP contribution in [-0.4, -0.2) is 19.6 Å². The summed E-state index contributed by atoms with van der Waals surface area (Å²) < 4.78 is 10.9. The molecule has 27 heavy (non-hydrogen) atoms. The summed E-state index contributed by atoms with van der Waals surface area (Å²) in [5.41, 5.74) is 2.94. The molecule has 0 atom stereocenters. The smallest absolute Gasteiger partial charge is 0.228 e. The number of methoxy groups -OCH3 is 1. The maximum Gasteiger partial charge on any atom is 0.228 e. The van der Waals surface area contributed by atoms with Crippen molar-refractivity contribution in [1.82, 2.24) is 0 Å². The third-order valence-corrected chi connectivity index (χ3v) is 4.16. The molecule has 0 spiro atoms. The van der Waals surface area contributed by atoms with Crippen LogP contribution in [0.2, 0.25) is 0 Å². The van der Waals surface area contributed by atoms with E-state index in [0.29, 0.717) is 13.0 Å². The van der Waals surface area contributed by atoms with Crippen LogP contribution in [0.25, 0.3) is 0 Å². The van der Waals surface area contributed by atoms with Crippen LogP contribution >= 0.6 is 0 Å². The molecule has 4 heteroatoms. The molecule has 0 heterocycles. The van der Waals surface area contributed by atoms with E-state index in [1.807, 2.05) is 66.7 Å². The average molecular weight is 361 g/mol. The minimum atomic E-state index is -0.0575. The Morgan fingerprint density at radius 3 is 2.15 bits per heavy atom. The van der Waals surface area contributed by atoms with Gasteiger partial charge >= 0.3 is 0 Å². The van der Waals surface area contributed by atoms with E-state index in [-0.39, 0.29) is 5.91 Å². The summed E-state index contributed by atoms with van der Waals surface area (Å²) >= 11 is 0. The molecule has 1 amide bonds. The Kier molecular flexibility index (Phi) is 6.47. The number of rotatable bonds is 8. The molecule has 0 aliphatic carbocycles. The summed E-state index contributed by atoms with van der Waals surface area (Å²) in [6.45, 7) is 0.618. The number of hydrogen-bond donors (Lipinski definition) is 1. The Morgan fingerprint density at radius 1 is 0.815 bits per heavy atom. The second kappa shape index (κ2) is 9.43. The number of carbonyl (C=O) groups excluding carboxylic acids is 1. The van der Waals surface area contributed by atoms with Crippen LogP contribution in [0.1, 0.15) is 11.1 Å². The zero-order chi connectivity index (χ0) is 18.9. The van der Waals surface area contributed by atoms with Gasteiger partial charge in [-0.3, -0.25) is 4.79 Å². The standard InChI is InChI=1S/C23H23NO3/c1-26-21-11-7-19(8-12-21)17-23(25)24-20-9-13-22(14-10-20)27-16-15-18-5-3-2-4-6-18/h2-14H,15-17H2,1H3,(H,24,25). The van der Waals surface area contributed by atoms with Crippen molar-refractivity contribution in [2.45, 2.75) is 12.8 Å². The van der Waals surface area contributed by atoms with E-state index in [0.717, 1.165) is 29.2 Å². The van der Waals surface area contributed by atoms with Crippen LogP contribution in [0.15, 0.2) is 78.9 Å². The number of benzene rings is 3. The number of hydrogen-bond acceptors (Lipinski definition) is 3. The Hall–Kier alpha value is -3.27. The van der Waals surface area contributed by atoms with Crippen molar-refractivity contribution in [1.29, 1.82) is 0 Å². The van der Waals surface area contributed by atoms with E-state index >= 15 is 0 Å². The molecule has 0 unspecified atom stereocenters. The summed E-state index contributed by atoms with van der Waals surface area (Å²) in [5, 5.41) is 2.90. The third-order valence-electron chi connectivity index (χ3n) is 4.16. The first-order valence-electron chi connectivity index (χ1n) is 8.92. The van der Waals surface area contributed by atoms with Crippen LogP contribution < -0.4 is 14.8 Å². The molecule has 3 rings (SSSR count). The molecular weight excluding hydrogens is 338 g/mol. The highest BCUT2D eigenvalue weighted by atomic mass is 16.5. The molecule has 0 aliphatic heterocycles. The van der Waals surface area contributed by atoms with Gasteiger partial charge in [-0.25, -0.2) is 0 Å². The summed E-state index contributed by atoms with van der Waals surface area (Å²) in [6, 6.07) is 25.2. The minimum Gasteiger partial charge on any atom is -0.497 e. The van der Waals surface area contributed by atoms with Gasteiger partial charge in [0.05, 0.1) is 20.1 Å². The monoisotopic (exact) mass is 361 g/mol. The largest absolute Gasteiger partial charge is 0.497 e. The zero-order valence-corrected chi connectivity index (χ0v) is 15.4. The Bertz CT molecular complexity index is 843. The predicted molar refractivity (Wildman–Crippen MR) is 107 cm³/mol. The first kappa shape index (κ1) is 18.5. The molecule has 4 nitrogen and oxygen atoms in total. The van der Waals surface area contributed by atoms with E-state index < -0.39 is 0 Å². The number of anilines is 1. The van der Waals surface area contributed by atoms with Gasteiger partial charge in [-0.2, -0.15) is 0 Å². The number of amides is 1. The quantitative estimate of drug-likeness (QED) is 0.643. The van der Waals surface area contributed by atoms with Gasteiger partial charge in [0.25, 0.3) is 0 Å². The lowest BCUT2D eigenvalue weighted by molar-refractivity contribution is -0.115. The normalized spacial score (nSPS) is 10.3. The van der Waals surface area contributed by atoms with Gasteiger partial charge in [0.1, 0.15) is 11.5 Å². The van der Waals surface area contributed by atoms with Crippen LogP contribution in [0, 0.1) is 0 Å². The van der Waals surface area contributed by atoms with Crippen molar-refractivity contribution in [3.8, 4) is 11.5 Å². The minimum absolute atomic E-state index is 0.0575. The first-order chi connectivity index (χ1) is 13.2. The predicted octanol–water partition coefficient (Wildman–Crippen LogP) is 4.50. The highest BCUT2D eigenvalue weighted by molar-refractivity contribution is 5.92. The number of nitrogens with one attached hydrogen (secondary N) is 1. The van der Waals surface area contributed by atoms with Gasteiger partial charge in [-0.05, 0) is 47.5 Å². The van der Waals surface area contributed by atoms with Crippen molar-refractivity contribution in [3.63, 3.8) is 0 Å². The fourth-order valence-corrected chi connectivity index (χ4v) is 2.70. The fraction of sp³-hybridized carbons (Fsp3) is 0.174. The molecule has 0 aromatic heterocycles. The molecule has 0 radical (unpaired) electrons. The highest BCUT2D eigenvalue weighted by Crippen LogP contribution is 2.17. The number of carbonyl (C=O) groups is 1. The van der Waals surface area contributed by atoms with Crippen molar-refractivity contribution >= 4 is 11.6 Å². The van der Waals surface area contributed by atoms with E-state index in [1.54, 1.807) is 7.11 Å². The SMILES string of the molecule is COc1ccc(CC(=O)Nc2ccc(OCCc3ccccc3)cc2)cc1. The van der Waals surface area contributed by atoms with Gasteiger partial charge in [0.2, 0.25) is 5.91 Å². The molecule has 138 valence electrons. The lowest BCUT2D eigenvalue weighted by atomic mass is 10.1. The number of ether oxygens (including phenoxy) is 2. The van der Waals surface area contributed by atoms with Crippen LogP contribution in [0.5, 0.6) is 11.5 Å². The molecular formula is C23H23NO3. The van der Waals surface area contributed by atoms with Crippen LogP contribution in [-0.2, 0) is 17.6 Å². The van der Waals surface area contributed by atoms with Crippen molar-refractivity contribution in [2.75, 3.05) is 19.0 Å². The van der Waals surface area contributed by atoms with Crippen LogP contribution in [0.3, 0.4) is 0 Å². The second-order valence-corrected chi connectivity index (χ2v) is 6.18. The zero-order valence-electron chi connectivity index (χ0n) is 15.4. The third kappa shape index (κ3) is 5.89.